The van der Waals surface area contributed by atoms with Crippen LogP contribution in [0.5, 0.6) is 0 Å². The summed E-state index contributed by atoms with van der Waals surface area (Å²) in [5, 5.41) is 3.51. The number of hydrogen-bond donors (Lipinski definition) is 1. The summed E-state index contributed by atoms with van der Waals surface area (Å²) in [6, 6.07) is 10.4. The maximum absolute atomic E-state index is 4.62. The van der Waals surface area contributed by atoms with Crippen LogP contribution in [0.1, 0.15) is 36.2 Å². The Balaban J connectivity index is 1.98. The lowest BCUT2D eigenvalue weighted by atomic mass is 10.0. The van der Waals surface area contributed by atoms with Crippen molar-refractivity contribution < 1.29 is 0 Å². The van der Waals surface area contributed by atoms with E-state index in [4.69, 9.17) is 0 Å². The van der Waals surface area contributed by atoms with Crippen molar-refractivity contribution in [2.75, 3.05) is 11.9 Å². The highest BCUT2D eigenvalue weighted by Crippen LogP contribution is 2.23. The number of aromatic nitrogens is 1. The Labute approximate surface area is 145 Å². The number of allylic oxidation sites excluding steroid dienone is 2. The van der Waals surface area contributed by atoms with Crippen molar-refractivity contribution in [1.29, 1.82) is 0 Å². The fraction of sp³-hybridized carbons (Fsp3) is 0.333. The second-order valence-electron chi connectivity index (χ2n) is 6.32. The average molecular weight is 321 g/mol. The highest BCUT2D eigenvalue weighted by Gasteiger charge is 2.04. The van der Waals surface area contributed by atoms with Gasteiger partial charge in [0, 0.05) is 42.0 Å². The molecule has 0 atom stereocenters. The third-order valence-electron chi connectivity index (χ3n) is 3.88. The summed E-state index contributed by atoms with van der Waals surface area (Å²) < 4.78 is 0. The molecule has 0 radical (unpaired) electrons. The van der Waals surface area contributed by atoms with Crippen molar-refractivity contribution in [1.82, 2.24) is 4.98 Å². The van der Waals surface area contributed by atoms with Gasteiger partial charge in [0.2, 0.25) is 0 Å². The summed E-state index contributed by atoms with van der Waals surface area (Å²) >= 11 is 0. The van der Waals surface area contributed by atoms with E-state index in [1.165, 1.54) is 22.4 Å². The molecule has 24 heavy (non-hydrogen) atoms. The quantitative estimate of drug-likeness (QED) is 0.758. The molecule has 2 aromatic rings. The number of pyridine rings is 1. The van der Waals surface area contributed by atoms with E-state index >= 15 is 0 Å². The van der Waals surface area contributed by atoms with E-state index in [0.717, 1.165) is 30.1 Å². The van der Waals surface area contributed by atoms with E-state index in [0.29, 0.717) is 0 Å². The Bertz CT molecular complexity index is 720. The first kappa shape index (κ1) is 17.9. The van der Waals surface area contributed by atoms with Gasteiger partial charge < -0.3 is 5.32 Å². The number of aryl methyl sites for hydroxylation is 3. The van der Waals surface area contributed by atoms with Crippen LogP contribution in [0.3, 0.4) is 0 Å². The molecule has 1 N–H and O–H groups in total. The number of hydrogen-bond acceptors (Lipinski definition) is 3. The molecule has 0 bridgehead atoms. The van der Waals surface area contributed by atoms with Gasteiger partial charge in [-0.05, 0) is 64.0 Å². The van der Waals surface area contributed by atoms with Crippen LogP contribution in [0.25, 0.3) is 0 Å². The van der Waals surface area contributed by atoms with Crippen LogP contribution in [0.15, 0.2) is 53.3 Å². The largest absolute Gasteiger partial charge is 0.359 e. The summed E-state index contributed by atoms with van der Waals surface area (Å²) in [7, 11) is 0. The SMILES string of the molecule is CC(=CC(C)=NCCc1ccccn1)Nc1c(C)cc(C)cc1C. The van der Waals surface area contributed by atoms with E-state index in [2.05, 4.69) is 61.2 Å². The summed E-state index contributed by atoms with van der Waals surface area (Å²) in [6.07, 6.45) is 4.79. The minimum Gasteiger partial charge on any atom is -0.359 e. The Hall–Kier alpha value is -2.42. The molecule has 3 heteroatoms. The number of nitrogens with one attached hydrogen (secondary N) is 1. The van der Waals surface area contributed by atoms with Crippen LogP contribution in [0.2, 0.25) is 0 Å². The van der Waals surface area contributed by atoms with Crippen molar-refractivity contribution in [3.8, 4) is 0 Å². The van der Waals surface area contributed by atoms with E-state index in [-0.39, 0.29) is 0 Å². The molecule has 0 amide bonds. The minimum atomic E-state index is 0.759. The molecule has 1 aromatic heterocycles. The molecule has 0 aliphatic carbocycles. The molecule has 1 aromatic carbocycles. The first-order chi connectivity index (χ1) is 11.5. The van der Waals surface area contributed by atoms with Gasteiger partial charge in [0.15, 0.2) is 0 Å². The molecule has 0 spiro atoms. The van der Waals surface area contributed by atoms with Crippen LogP contribution in [-0.4, -0.2) is 17.2 Å². The van der Waals surface area contributed by atoms with Crippen LogP contribution >= 0.6 is 0 Å². The van der Waals surface area contributed by atoms with Gasteiger partial charge in [-0.2, -0.15) is 0 Å². The minimum absolute atomic E-state index is 0.759. The van der Waals surface area contributed by atoms with Gasteiger partial charge >= 0.3 is 0 Å². The standard InChI is InChI=1S/C21H27N3/c1-15-12-16(2)21(17(3)13-15)24-19(5)14-18(4)22-11-9-20-8-6-7-10-23-20/h6-8,10,12-14,24H,9,11H2,1-5H3. The molecule has 0 fully saturated rings. The Morgan fingerprint density at radius 3 is 2.46 bits per heavy atom. The van der Waals surface area contributed by atoms with Crippen molar-refractivity contribution in [2.45, 2.75) is 41.0 Å². The predicted molar refractivity (Wildman–Crippen MR) is 104 cm³/mol. The monoisotopic (exact) mass is 321 g/mol. The molecule has 0 unspecified atom stereocenters. The maximum atomic E-state index is 4.62. The van der Waals surface area contributed by atoms with Gasteiger partial charge in [-0.25, -0.2) is 0 Å². The average Bonchev–Trinajstić information content (AvgIpc) is 2.52. The van der Waals surface area contributed by atoms with Gasteiger partial charge in [-0.3, -0.25) is 9.98 Å². The zero-order valence-corrected chi connectivity index (χ0v) is 15.4. The fourth-order valence-electron chi connectivity index (χ4n) is 2.86. The molecule has 126 valence electrons. The lowest BCUT2D eigenvalue weighted by Gasteiger charge is -2.14. The summed E-state index contributed by atoms with van der Waals surface area (Å²) in [6.45, 7) is 11.3. The molecule has 0 saturated carbocycles. The molecule has 0 aliphatic heterocycles. The van der Waals surface area contributed by atoms with Gasteiger partial charge in [-0.1, -0.05) is 23.8 Å². The van der Waals surface area contributed by atoms with Crippen LogP contribution in [0.4, 0.5) is 5.69 Å². The zero-order chi connectivity index (χ0) is 17.5. The third kappa shape index (κ3) is 5.34. The number of aliphatic imine (C=N–C) groups is 1. The predicted octanol–water partition coefficient (Wildman–Crippen LogP) is 5.03. The van der Waals surface area contributed by atoms with Crippen LogP contribution in [-0.2, 0) is 6.42 Å². The van der Waals surface area contributed by atoms with Crippen molar-refractivity contribution in [2.24, 2.45) is 4.99 Å². The lowest BCUT2D eigenvalue weighted by Crippen LogP contribution is -2.03. The third-order valence-corrected chi connectivity index (χ3v) is 3.88. The fourth-order valence-corrected chi connectivity index (χ4v) is 2.86. The summed E-state index contributed by atoms with van der Waals surface area (Å²) in [4.78, 5) is 8.94. The normalized spacial score (nSPS) is 12.4. The topological polar surface area (TPSA) is 37.3 Å². The summed E-state index contributed by atoms with van der Waals surface area (Å²) in [5.74, 6) is 0. The second kappa shape index (κ2) is 8.44. The number of anilines is 1. The molecule has 0 saturated heterocycles. The first-order valence-electron chi connectivity index (χ1n) is 8.40. The molecular weight excluding hydrogens is 294 g/mol. The van der Waals surface area contributed by atoms with Gasteiger partial charge in [-0.15, -0.1) is 0 Å². The van der Waals surface area contributed by atoms with Gasteiger partial charge in [0.05, 0.1) is 0 Å². The Morgan fingerprint density at radius 2 is 1.83 bits per heavy atom. The zero-order valence-electron chi connectivity index (χ0n) is 15.4. The highest BCUT2D eigenvalue weighted by atomic mass is 14.9. The van der Waals surface area contributed by atoms with E-state index in [9.17, 15) is 0 Å². The molecule has 1 heterocycles. The van der Waals surface area contributed by atoms with Crippen molar-refractivity contribution in [3.63, 3.8) is 0 Å². The van der Waals surface area contributed by atoms with Crippen molar-refractivity contribution >= 4 is 11.4 Å². The second-order valence-corrected chi connectivity index (χ2v) is 6.32. The Morgan fingerprint density at radius 1 is 1.12 bits per heavy atom. The Kier molecular flexibility index (Phi) is 6.30. The molecule has 0 aliphatic rings. The van der Waals surface area contributed by atoms with Crippen LogP contribution in [0, 0.1) is 20.8 Å². The number of benzene rings is 1. The number of nitrogens with zero attached hydrogens (tertiary/aromatic N) is 2. The molecular formula is C21H27N3. The lowest BCUT2D eigenvalue weighted by molar-refractivity contribution is 0.923. The van der Waals surface area contributed by atoms with E-state index in [1.807, 2.05) is 31.3 Å². The van der Waals surface area contributed by atoms with Crippen LogP contribution < -0.4 is 5.32 Å². The maximum Gasteiger partial charge on any atom is 0.0447 e. The van der Waals surface area contributed by atoms with E-state index in [1.54, 1.807) is 0 Å². The van der Waals surface area contributed by atoms with Gasteiger partial charge in [0.1, 0.15) is 0 Å². The highest BCUT2D eigenvalue weighted by molar-refractivity contribution is 5.93. The van der Waals surface area contributed by atoms with Crippen molar-refractivity contribution in [3.05, 3.63) is 70.7 Å². The first-order valence-corrected chi connectivity index (χ1v) is 8.40. The molecule has 2 rings (SSSR count). The molecule has 3 nitrogen and oxygen atoms in total. The van der Waals surface area contributed by atoms with Gasteiger partial charge in [0.25, 0.3) is 0 Å². The number of rotatable bonds is 6. The summed E-state index contributed by atoms with van der Waals surface area (Å²) in [5.41, 5.74) is 8.23. The smallest absolute Gasteiger partial charge is 0.0447 e. The van der Waals surface area contributed by atoms with E-state index < -0.39 is 0 Å².